The van der Waals surface area contributed by atoms with Gasteiger partial charge in [-0.2, -0.15) is 0 Å². The second kappa shape index (κ2) is 7.27. The molecule has 0 aromatic carbocycles. The summed E-state index contributed by atoms with van der Waals surface area (Å²) in [5.74, 6) is 0.249. The molecule has 17 heavy (non-hydrogen) atoms. The van der Waals surface area contributed by atoms with Crippen molar-refractivity contribution in [1.82, 2.24) is 10.6 Å². The number of rotatable bonds is 5. The molecule has 5 nitrogen and oxygen atoms in total. The summed E-state index contributed by atoms with van der Waals surface area (Å²) < 4.78 is 0. The van der Waals surface area contributed by atoms with Crippen LogP contribution < -0.4 is 16.4 Å². The van der Waals surface area contributed by atoms with Gasteiger partial charge in [-0.25, -0.2) is 0 Å². The third-order valence-corrected chi connectivity index (χ3v) is 3.14. The van der Waals surface area contributed by atoms with Crippen LogP contribution in [0.4, 0.5) is 0 Å². The molecule has 1 heterocycles. The van der Waals surface area contributed by atoms with E-state index in [1.807, 2.05) is 6.92 Å². The van der Waals surface area contributed by atoms with Gasteiger partial charge in [0.15, 0.2) is 0 Å². The van der Waals surface area contributed by atoms with Crippen LogP contribution in [-0.4, -0.2) is 30.9 Å². The molecule has 0 aromatic rings. The monoisotopic (exact) mass is 241 g/mol. The van der Waals surface area contributed by atoms with Gasteiger partial charge < -0.3 is 16.4 Å². The first kappa shape index (κ1) is 14.0. The fourth-order valence-electron chi connectivity index (χ4n) is 1.84. The van der Waals surface area contributed by atoms with Crippen LogP contribution in [0, 0.1) is 5.92 Å². The van der Waals surface area contributed by atoms with Gasteiger partial charge in [0.2, 0.25) is 11.8 Å². The number of nitrogens with one attached hydrogen (secondary N) is 2. The molecule has 1 aliphatic heterocycles. The van der Waals surface area contributed by atoms with E-state index in [1.54, 1.807) is 0 Å². The van der Waals surface area contributed by atoms with E-state index >= 15 is 0 Å². The summed E-state index contributed by atoms with van der Waals surface area (Å²) in [4.78, 5) is 23.3. The first-order chi connectivity index (χ1) is 8.13. The minimum atomic E-state index is -0.349. The molecule has 2 unspecified atom stereocenters. The molecule has 1 saturated heterocycles. The van der Waals surface area contributed by atoms with Crippen molar-refractivity contribution >= 4 is 11.8 Å². The highest BCUT2D eigenvalue weighted by Gasteiger charge is 2.22. The van der Waals surface area contributed by atoms with Gasteiger partial charge >= 0.3 is 0 Å². The van der Waals surface area contributed by atoms with Crippen molar-refractivity contribution in [2.24, 2.45) is 11.7 Å². The van der Waals surface area contributed by atoms with E-state index in [0.29, 0.717) is 18.9 Å². The topological polar surface area (TPSA) is 84.2 Å². The zero-order valence-corrected chi connectivity index (χ0v) is 10.5. The minimum absolute atomic E-state index is 0.0488. The van der Waals surface area contributed by atoms with Gasteiger partial charge in [-0.3, -0.25) is 9.59 Å². The Balaban J connectivity index is 2.31. The molecule has 0 radical (unpaired) electrons. The lowest BCUT2D eigenvalue weighted by Gasteiger charge is -2.15. The van der Waals surface area contributed by atoms with Gasteiger partial charge in [0, 0.05) is 13.0 Å². The molecule has 1 rings (SSSR count). The normalized spacial score (nSPS) is 22.5. The van der Waals surface area contributed by atoms with E-state index in [1.165, 1.54) is 0 Å². The van der Waals surface area contributed by atoms with Gasteiger partial charge in [-0.05, 0) is 38.1 Å². The molecule has 4 N–H and O–H groups in total. The number of hydrogen-bond donors (Lipinski definition) is 3. The quantitative estimate of drug-likeness (QED) is 0.640. The summed E-state index contributed by atoms with van der Waals surface area (Å²) in [7, 11) is 0. The highest BCUT2D eigenvalue weighted by Crippen LogP contribution is 2.07. The fraction of sp³-hybridized carbons (Fsp3) is 0.833. The van der Waals surface area contributed by atoms with E-state index in [-0.39, 0.29) is 17.9 Å². The lowest BCUT2D eigenvalue weighted by molar-refractivity contribution is -0.128. The summed E-state index contributed by atoms with van der Waals surface area (Å²) in [6.45, 7) is 3.33. The Morgan fingerprint density at radius 2 is 2.35 bits per heavy atom. The maximum atomic E-state index is 11.7. The van der Waals surface area contributed by atoms with Gasteiger partial charge in [0.1, 0.15) is 6.04 Å². The molecule has 0 aliphatic carbocycles. The van der Waals surface area contributed by atoms with Crippen molar-refractivity contribution in [3.05, 3.63) is 0 Å². The van der Waals surface area contributed by atoms with Gasteiger partial charge in [0.25, 0.3) is 0 Å². The predicted molar refractivity (Wildman–Crippen MR) is 66.2 cm³/mol. The lowest BCUT2D eigenvalue weighted by atomic mass is 10.1. The smallest absolute Gasteiger partial charge is 0.242 e. The van der Waals surface area contributed by atoms with E-state index in [9.17, 15) is 9.59 Å². The van der Waals surface area contributed by atoms with Gasteiger partial charge in [-0.1, -0.05) is 6.92 Å². The Morgan fingerprint density at radius 3 is 3.06 bits per heavy atom. The van der Waals surface area contributed by atoms with E-state index in [0.717, 1.165) is 32.2 Å². The van der Waals surface area contributed by atoms with Crippen molar-refractivity contribution in [2.75, 3.05) is 13.1 Å². The molecule has 0 saturated carbocycles. The lowest BCUT2D eigenvalue weighted by Crippen LogP contribution is -2.45. The first-order valence-electron chi connectivity index (χ1n) is 6.40. The van der Waals surface area contributed by atoms with Crippen LogP contribution in [0.25, 0.3) is 0 Å². The number of nitrogens with two attached hydrogens (primary N) is 1. The van der Waals surface area contributed by atoms with Crippen LogP contribution in [0.5, 0.6) is 0 Å². The number of carbonyl (C=O) groups is 2. The molecule has 0 aromatic heterocycles. The van der Waals surface area contributed by atoms with Crippen LogP contribution >= 0.6 is 0 Å². The zero-order valence-electron chi connectivity index (χ0n) is 10.5. The summed E-state index contributed by atoms with van der Waals surface area (Å²) in [5, 5.41) is 5.60. The Hall–Kier alpha value is -1.10. The molecule has 1 aliphatic rings. The third kappa shape index (κ3) is 5.17. The highest BCUT2D eigenvalue weighted by molar-refractivity contribution is 5.87. The molecule has 0 bridgehead atoms. The molecule has 5 heteroatoms. The largest absolute Gasteiger partial charge is 0.354 e. The summed E-state index contributed by atoms with van der Waals surface area (Å²) in [6, 6.07) is -0.349. The molecular weight excluding hydrogens is 218 g/mol. The zero-order chi connectivity index (χ0) is 12.7. The van der Waals surface area contributed by atoms with Gasteiger partial charge in [-0.15, -0.1) is 0 Å². The van der Waals surface area contributed by atoms with Crippen LogP contribution in [0.1, 0.15) is 39.0 Å². The third-order valence-electron chi connectivity index (χ3n) is 3.14. The summed E-state index contributed by atoms with van der Waals surface area (Å²) in [5.41, 5.74) is 5.49. The summed E-state index contributed by atoms with van der Waals surface area (Å²) in [6.07, 6.45) is 3.92. The molecule has 1 fully saturated rings. The van der Waals surface area contributed by atoms with Crippen LogP contribution in [0.2, 0.25) is 0 Å². The Kier molecular flexibility index (Phi) is 5.97. The molecular formula is C12H23N3O2. The predicted octanol–water partition coefficient (Wildman–Crippen LogP) is 0.146. The number of carbonyl (C=O) groups excluding carboxylic acids is 2. The number of hydrogen-bond acceptors (Lipinski definition) is 3. The standard InChI is InChI=1S/C12H23N3O2/c1-9(8-13)5-6-11(16)15-10-4-2-3-7-14-12(10)17/h9-10H,2-8,13H2,1H3,(H,14,17)(H,15,16). The first-order valence-corrected chi connectivity index (χ1v) is 6.40. The van der Waals surface area contributed by atoms with E-state index in [2.05, 4.69) is 10.6 Å². The van der Waals surface area contributed by atoms with E-state index in [4.69, 9.17) is 5.73 Å². The molecule has 2 amide bonds. The highest BCUT2D eigenvalue weighted by atomic mass is 16.2. The Morgan fingerprint density at radius 1 is 1.59 bits per heavy atom. The average molecular weight is 241 g/mol. The summed E-state index contributed by atoms with van der Waals surface area (Å²) >= 11 is 0. The second-order valence-corrected chi connectivity index (χ2v) is 4.79. The fourth-order valence-corrected chi connectivity index (χ4v) is 1.84. The van der Waals surface area contributed by atoms with Crippen molar-refractivity contribution in [3.8, 4) is 0 Å². The molecule has 0 spiro atoms. The number of amides is 2. The average Bonchev–Trinajstić information content (AvgIpc) is 2.52. The maximum absolute atomic E-state index is 11.7. The van der Waals surface area contributed by atoms with E-state index < -0.39 is 0 Å². The SMILES string of the molecule is CC(CN)CCC(=O)NC1CCCCNC1=O. The van der Waals surface area contributed by atoms with Crippen molar-refractivity contribution in [2.45, 2.75) is 45.1 Å². The van der Waals surface area contributed by atoms with Crippen molar-refractivity contribution in [1.29, 1.82) is 0 Å². The Bertz CT molecular complexity index is 268. The Labute approximate surface area is 103 Å². The van der Waals surface area contributed by atoms with Crippen LogP contribution in [0.15, 0.2) is 0 Å². The van der Waals surface area contributed by atoms with Crippen molar-refractivity contribution in [3.63, 3.8) is 0 Å². The molecule has 2 atom stereocenters. The van der Waals surface area contributed by atoms with Gasteiger partial charge in [0.05, 0.1) is 0 Å². The van der Waals surface area contributed by atoms with Crippen LogP contribution in [0.3, 0.4) is 0 Å². The maximum Gasteiger partial charge on any atom is 0.242 e. The second-order valence-electron chi connectivity index (χ2n) is 4.79. The molecule has 98 valence electrons. The van der Waals surface area contributed by atoms with Crippen LogP contribution in [-0.2, 0) is 9.59 Å². The van der Waals surface area contributed by atoms with Crippen molar-refractivity contribution < 1.29 is 9.59 Å². The minimum Gasteiger partial charge on any atom is -0.354 e.